The van der Waals surface area contributed by atoms with Crippen LogP contribution < -0.4 is 0 Å². The molecule has 1 N–H and O–H groups in total. The van der Waals surface area contributed by atoms with Crippen LogP contribution in [-0.2, 0) is 0 Å². The third-order valence-corrected chi connectivity index (χ3v) is 4.94. The summed E-state index contributed by atoms with van der Waals surface area (Å²) in [5, 5.41) is 10.5. The van der Waals surface area contributed by atoms with Crippen LogP contribution >= 0.6 is 0 Å². The molecule has 3 heteroatoms. The van der Waals surface area contributed by atoms with Crippen LogP contribution in [0.3, 0.4) is 0 Å². The summed E-state index contributed by atoms with van der Waals surface area (Å²) >= 11 is 0. The summed E-state index contributed by atoms with van der Waals surface area (Å²) < 4.78 is 26.3. The first kappa shape index (κ1) is 14.2. The molecule has 0 spiro atoms. The van der Waals surface area contributed by atoms with Crippen LogP contribution in [0.2, 0.25) is 0 Å². The summed E-state index contributed by atoms with van der Waals surface area (Å²) in [5.41, 5.74) is 0. The highest BCUT2D eigenvalue weighted by molar-refractivity contribution is 4.87. The molecule has 2 saturated carbocycles. The topological polar surface area (TPSA) is 20.2 Å². The van der Waals surface area contributed by atoms with Gasteiger partial charge < -0.3 is 5.11 Å². The highest BCUT2D eigenvalue weighted by Gasteiger charge is 2.40. The lowest BCUT2D eigenvalue weighted by atomic mass is 9.69. The summed E-state index contributed by atoms with van der Waals surface area (Å²) in [6, 6.07) is 0. The molecule has 0 aromatic heterocycles. The molecular weight excluding hydrogens is 234 g/mol. The minimum Gasteiger partial charge on any atom is -0.393 e. The minimum atomic E-state index is -2.48. The molecule has 0 amide bonds. The molecule has 0 aliphatic heterocycles. The van der Waals surface area contributed by atoms with Gasteiger partial charge in [-0.25, -0.2) is 8.78 Å². The smallest absolute Gasteiger partial charge is 0.248 e. The van der Waals surface area contributed by atoms with Gasteiger partial charge in [-0.1, -0.05) is 13.8 Å². The van der Waals surface area contributed by atoms with Gasteiger partial charge in [0.25, 0.3) is 0 Å². The molecule has 0 aromatic rings. The first-order valence-corrected chi connectivity index (χ1v) is 7.43. The van der Waals surface area contributed by atoms with Crippen molar-refractivity contribution in [3.05, 3.63) is 0 Å². The average Bonchev–Trinajstić information content (AvgIpc) is 2.27. The number of hydrogen-bond donors (Lipinski definition) is 1. The van der Waals surface area contributed by atoms with E-state index in [1.807, 2.05) is 0 Å². The van der Waals surface area contributed by atoms with E-state index in [-0.39, 0.29) is 24.9 Å². The normalized spacial score (nSPS) is 39.5. The van der Waals surface area contributed by atoms with Crippen molar-refractivity contribution in [3.63, 3.8) is 0 Å². The Kier molecular flexibility index (Phi) is 4.30. The Bertz CT molecular complexity index is 260. The molecule has 106 valence electrons. The van der Waals surface area contributed by atoms with E-state index in [4.69, 9.17) is 0 Å². The molecule has 0 bridgehead atoms. The maximum Gasteiger partial charge on any atom is 0.248 e. The van der Waals surface area contributed by atoms with Gasteiger partial charge in [-0.3, -0.25) is 0 Å². The van der Waals surface area contributed by atoms with Gasteiger partial charge in [0.05, 0.1) is 6.10 Å². The van der Waals surface area contributed by atoms with Crippen LogP contribution in [-0.4, -0.2) is 17.1 Å². The van der Waals surface area contributed by atoms with E-state index in [2.05, 4.69) is 13.8 Å². The SMILES string of the molecule is CC1CC(C)CC(C(O)C2CCC(F)(F)CC2)C1. The van der Waals surface area contributed by atoms with Gasteiger partial charge in [-0.15, -0.1) is 0 Å². The summed E-state index contributed by atoms with van der Waals surface area (Å²) in [6.07, 6.45) is 3.94. The molecule has 0 radical (unpaired) electrons. The number of aliphatic hydroxyl groups is 1. The fraction of sp³-hybridized carbons (Fsp3) is 1.00. The lowest BCUT2D eigenvalue weighted by Crippen LogP contribution is -2.38. The van der Waals surface area contributed by atoms with Gasteiger partial charge in [-0.2, -0.15) is 0 Å². The molecular formula is C15H26F2O. The Morgan fingerprint density at radius 1 is 0.944 bits per heavy atom. The molecule has 3 atom stereocenters. The largest absolute Gasteiger partial charge is 0.393 e. The first-order valence-electron chi connectivity index (χ1n) is 7.43. The third kappa shape index (κ3) is 3.43. The van der Waals surface area contributed by atoms with E-state index in [1.165, 1.54) is 6.42 Å². The van der Waals surface area contributed by atoms with Gasteiger partial charge in [0, 0.05) is 12.8 Å². The number of halogens is 2. The molecule has 2 aliphatic carbocycles. The molecule has 3 unspecified atom stereocenters. The van der Waals surface area contributed by atoms with E-state index in [9.17, 15) is 13.9 Å². The highest BCUT2D eigenvalue weighted by Crippen LogP contribution is 2.42. The molecule has 0 heterocycles. The number of alkyl halides is 2. The van der Waals surface area contributed by atoms with Crippen LogP contribution in [0.15, 0.2) is 0 Å². The van der Waals surface area contributed by atoms with E-state index < -0.39 is 5.92 Å². The van der Waals surface area contributed by atoms with Crippen LogP contribution in [0.4, 0.5) is 8.78 Å². The highest BCUT2D eigenvalue weighted by atomic mass is 19.3. The van der Waals surface area contributed by atoms with Crippen molar-refractivity contribution in [2.45, 2.75) is 70.8 Å². The second kappa shape index (κ2) is 5.44. The Balaban J connectivity index is 1.89. The number of hydrogen-bond acceptors (Lipinski definition) is 1. The summed E-state index contributed by atoms with van der Waals surface area (Å²) in [4.78, 5) is 0. The van der Waals surface area contributed by atoms with E-state index in [0.29, 0.717) is 30.6 Å². The van der Waals surface area contributed by atoms with Crippen molar-refractivity contribution in [1.82, 2.24) is 0 Å². The fourth-order valence-corrected chi connectivity index (χ4v) is 4.08. The zero-order valence-corrected chi connectivity index (χ0v) is 11.5. The van der Waals surface area contributed by atoms with Crippen molar-refractivity contribution < 1.29 is 13.9 Å². The van der Waals surface area contributed by atoms with Crippen molar-refractivity contribution in [2.75, 3.05) is 0 Å². The van der Waals surface area contributed by atoms with Gasteiger partial charge in [0.15, 0.2) is 0 Å². The van der Waals surface area contributed by atoms with Gasteiger partial charge >= 0.3 is 0 Å². The Hall–Kier alpha value is -0.180. The number of rotatable bonds is 2. The molecule has 2 fully saturated rings. The Labute approximate surface area is 109 Å². The predicted octanol–water partition coefficient (Wildman–Crippen LogP) is 4.25. The fourth-order valence-electron chi connectivity index (χ4n) is 4.08. The van der Waals surface area contributed by atoms with Crippen molar-refractivity contribution in [2.24, 2.45) is 23.7 Å². The minimum absolute atomic E-state index is 0.0352. The maximum atomic E-state index is 13.1. The molecule has 0 aromatic carbocycles. The lowest BCUT2D eigenvalue weighted by Gasteiger charge is -2.39. The van der Waals surface area contributed by atoms with Crippen molar-refractivity contribution in [1.29, 1.82) is 0 Å². The Morgan fingerprint density at radius 2 is 1.44 bits per heavy atom. The predicted molar refractivity (Wildman–Crippen MR) is 68.6 cm³/mol. The van der Waals surface area contributed by atoms with Crippen molar-refractivity contribution in [3.8, 4) is 0 Å². The molecule has 18 heavy (non-hydrogen) atoms. The van der Waals surface area contributed by atoms with Crippen LogP contribution in [0, 0.1) is 23.7 Å². The summed E-state index contributed by atoms with van der Waals surface area (Å²) in [5.74, 6) is -0.715. The molecule has 1 nitrogen and oxygen atoms in total. The molecule has 2 rings (SSSR count). The quantitative estimate of drug-likeness (QED) is 0.787. The average molecular weight is 260 g/mol. The zero-order valence-electron chi connectivity index (χ0n) is 11.5. The summed E-state index contributed by atoms with van der Waals surface area (Å²) in [7, 11) is 0. The number of aliphatic hydroxyl groups excluding tert-OH is 1. The van der Waals surface area contributed by atoms with E-state index in [1.54, 1.807) is 0 Å². The van der Waals surface area contributed by atoms with Crippen LogP contribution in [0.1, 0.15) is 58.8 Å². The summed E-state index contributed by atoms with van der Waals surface area (Å²) in [6.45, 7) is 4.48. The monoisotopic (exact) mass is 260 g/mol. The van der Waals surface area contributed by atoms with E-state index in [0.717, 1.165) is 12.8 Å². The van der Waals surface area contributed by atoms with Gasteiger partial charge in [0.1, 0.15) is 0 Å². The standard InChI is InChI=1S/C15H26F2O/c1-10-7-11(2)9-13(8-10)14(18)12-3-5-15(16,17)6-4-12/h10-14,18H,3-9H2,1-2H3. The van der Waals surface area contributed by atoms with E-state index >= 15 is 0 Å². The van der Waals surface area contributed by atoms with Crippen LogP contribution in [0.25, 0.3) is 0 Å². The molecule has 0 saturated heterocycles. The van der Waals surface area contributed by atoms with Crippen molar-refractivity contribution >= 4 is 0 Å². The Morgan fingerprint density at radius 3 is 1.94 bits per heavy atom. The van der Waals surface area contributed by atoms with Crippen LogP contribution in [0.5, 0.6) is 0 Å². The lowest BCUT2D eigenvalue weighted by molar-refractivity contribution is -0.0760. The second-order valence-corrected chi connectivity index (χ2v) is 6.86. The third-order valence-electron chi connectivity index (χ3n) is 4.94. The maximum absolute atomic E-state index is 13.1. The second-order valence-electron chi connectivity index (χ2n) is 6.86. The van der Waals surface area contributed by atoms with Gasteiger partial charge in [-0.05, 0) is 55.8 Å². The zero-order chi connectivity index (χ0) is 13.3. The first-order chi connectivity index (χ1) is 8.37. The molecule has 2 aliphatic rings. The van der Waals surface area contributed by atoms with Gasteiger partial charge in [0.2, 0.25) is 5.92 Å².